The molecule has 6 nitrogen and oxygen atoms in total. The van der Waals surface area contributed by atoms with E-state index < -0.39 is 5.97 Å². The third kappa shape index (κ3) is 1.66. The van der Waals surface area contributed by atoms with Crippen LogP contribution in [0.4, 0.5) is 5.82 Å². The lowest BCUT2D eigenvalue weighted by Gasteiger charge is -2.04. The topological polar surface area (TPSA) is 98.3 Å². The van der Waals surface area contributed by atoms with Gasteiger partial charge in [0.25, 0.3) is 0 Å². The van der Waals surface area contributed by atoms with Crippen LogP contribution in [-0.4, -0.2) is 28.2 Å². The minimum atomic E-state index is -1.14. The second kappa shape index (κ2) is 3.26. The minimum Gasteiger partial charge on any atom is -0.477 e. The first kappa shape index (κ1) is 9.24. The smallest absolute Gasteiger partial charge is 0.341 e. The Morgan fingerprint density at radius 3 is 2.54 bits per heavy atom. The number of nitrogens with two attached hydrogens (primary N) is 1. The van der Waals surface area contributed by atoms with E-state index in [0.29, 0.717) is 0 Å². The van der Waals surface area contributed by atoms with Gasteiger partial charge in [0.2, 0.25) is 0 Å². The molecule has 0 aliphatic carbocycles. The Balaban J connectivity index is 3.31. The summed E-state index contributed by atoms with van der Waals surface area (Å²) in [5.41, 5.74) is 5.59. The Labute approximate surface area is 74.4 Å². The largest absolute Gasteiger partial charge is 0.477 e. The molecule has 0 bridgehead atoms. The van der Waals surface area contributed by atoms with Crippen LogP contribution >= 0.6 is 0 Å². The molecule has 1 aromatic rings. The highest BCUT2D eigenvalue weighted by molar-refractivity contribution is 5.93. The Morgan fingerprint density at radius 2 is 2.15 bits per heavy atom. The second-order valence-corrected chi connectivity index (χ2v) is 2.36. The number of aromatic nitrogens is 2. The van der Waals surface area contributed by atoms with Crippen LogP contribution < -0.4 is 10.5 Å². The van der Waals surface area contributed by atoms with Crippen LogP contribution in [0.15, 0.2) is 0 Å². The highest BCUT2D eigenvalue weighted by Crippen LogP contribution is 2.15. The number of hydrogen-bond donors (Lipinski definition) is 2. The van der Waals surface area contributed by atoms with E-state index in [1.807, 2.05) is 0 Å². The summed E-state index contributed by atoms with van der Waals surface area (Å²) in [5.74, 6) is -1.23. The lowest BCUT2D eigenvalue weighted by molar-refractivity contribution is 0.0696. The number of carbonyl (C=O) groups is 1. The summed E-state index contributed by atoms with van der Waals surface area (Å²) in [7, 11) is 1.38. The zero-order valence-electron chi connectivity index (χ0n) is 7.24. The van der Waals surface area contributed by atoms with Gasteiger partial charge in [0.1, 0.15) is 11.4 Å². The Kier molecular flexibility index (Phi) is 2.32. The van der Waals surface area contributed by atoms with E-state index in [2.05, 4.69) is 9.97 Å². The molecule has 0 fully saturated rings. The fourth-order valence-corrected chi connectivity index (χ4v) is 0.924. The number of ether oxygens (including phenoxy) is 1. The third-order valence-corrected chi connectivity index (χ3v) is 1.49. The number of nitrogen functional groups attached to an aromatic ring is 1. The maximum absolute atomic E-state index is 10.6. The van der Waals surface area contributed by atoms with E-state index in [4.69, 9.17) is 15.6 Å². The Hall–Kier alpha value is -1.85. The van der Waals surface area contributed by atoms with Gasteiger partial charge in [-0.05, 0) is 6.92 Å². The van der Waals surface area contributed by atoms with Gasteiger partial charge in [0.15, 0.2) is 0 Å². The molecule has 70 valence electrons. The molecular formula is C7H9N3O3. The number of hydrogen-bond acceptors (Lipinski definition) is 5. The maximum Gasteiger partial charge on any atom is 0.341 e. The van der Waals surface area contributed by atoms with Gasteiger partial charge < -0.3 is 15.6 Å². The van der Waals surface area contributed by atoms with E-state index in [-0.39, 0.29) is 23.1 Å². The number of nitrogens with zero attached hydrogens (tertiary/aromatic N) is 2. The van der Waals surface area contributed by atoms with Gasteiger partial charge in [-0.3, -0.25) is 0 Å². The van der Waals surface area contributed by atoms with Crippen molar-refractivity contribution in [2.45, 2.75) is 6.92 Å². The van der Waals surface area contributed by atoms with Crippen molar-refractivity contribution in [1.82, 2.24) is 9.97 Å². The van der Waals surface area contributed by atoms with E-state index in [1.54, 1.807) is 0 Å². The van der Waals surface area contributed by atoms with Gasteiger partial charge in [-0.15, -0.1) is 0 Å². The molecule has 0 saturated carbocycles. The average molecular weight is 183 g/mol. The van der Waals surface area contributed by atoms with Gasteiger partial charge in [-0.25, -0.2) is 4.79 Å². The van der Waals surface area contributed by atoms with Crippen molar-refractivity contribution in [1.29, 1.82) is 0 Å². The molecule has 0 atom stereocenters. The molecule has 3 N–H and O–H groups in total. The predicted molar refractivity (Wildman–Crippen MR) is 44.7 cm³/mol. The van der Waals surface area contributed by atoms with Gasteiger partial charge in [0.05, 0.1) is 12.8 Å². The standard InChI is InChI=1S/C7H9N3O3/c1-3-4(6(11)12)5(8)10-7(9-3)13-2/h1-2H3,(H,11,12)(H2,8,9,10). The summed E-state index contributed by atoms with van der Waals surface area (Å²) in [4.78, 5) is 18.1. The molecule has 1 rings (SSSR count). The lowest BCUT2D eigenvalue weighted by Crippen LogP contribution is -2.10. The van der Waals surface area contributed by atoms with E-state index in [0.717, 1.165) is 0 Å². The van der Waals surface area contributed by atoms with Crippen molar-refractivity contribution in [2.75, 3.05) is 12.8 Å². The number of methoxy groups -OCH3 is 1. The average Bonchev–Trinajstić information content (AvgIpc) is 2.02. The molecule has 0 saturated heterocycles. The zero-order valence-corrected chi connectivity index (χ0v) is 7.24. The predicted octanol–water partition coefficient (Wildman–Crippen LogP) is 0.0740. The van der Waals surface area contributed by atoms with Crippen molar-refractivity contribution < 1.29 is 14.6 Å². The van der Waals surface area contributed by atoms with Crippen LogP contribution in [0, 0.1) is 6.92 Å². The van der Waals surface area contributed by atoms with Crippen molar-refractivity contribution in [3.63, 3.8) is 0 Å². The quantitative estimate of drug-likeness (QED) is 0.673. The fourth-order valence-electron chi connectivity index (χ4n) is 0.924. The molecule has 1 aromatic heterocycles. The monoisotopic (exact) mass is 183 g/mol. The van der Waals surface area contributed by atoms with Crippen molar-refractivity contribution >= 4 is 11.8 Å². The van der Waals surface area contributed by atoms with Crippen LogP contribution in [0.5, 0.6) is 6.01 Å². The molecule has 1 heterocycles. The lowest BCUT2D eigenvalue weighted by atomic mass is 10.2. The normalized spacial score (nSPS) is 9.69. The first-order chi connectivity index (χ1) is 6.06. The third-order valence-electron chi connectivity index (χ3n) is 1.49. The van der Waals surface area contributed by atoms with Crippen LogP contribution in [0.2, 0.25) is 0 Å². The molecule has 0 spiro atoms. The highest BCUT2D eigenvalue weighted by Gasteiger charge is 2.15. The van der Waals surface area contributed by atoms with Crippen molar-refractivity contribution in [3.8, 4) is 6.01 Å². The van der Waals surface area contributed by atoms with Crippen LogP contribution in [0.1, 0.15) is 16.1 Å². The van der Waals surface area contributed by atoms with Crippen molar-refractivity contribution in [3.05, 3.63) is 11.3 Å². The zero-order chi connectivity index (χ0) is 10.0. The van der Waals surface area contributed by atoms with Gasteiger partial charge in [0, 0.05) is 0 Å². The minimum absolute atomic E-state index is 0.0694. The van der Waals surface area contributed by atoms with Gasteiger partial charge >= 0.3 is 12.0 Å². The number of aryl methyl sites for hydroxylation is 1. The molecule has 0 amide bonds. The van der Waals surface area contributed by atoms with E-state index in [9.17, 15) is 4.79 Å². The summed E-state index contributed by atoms with van der Waals surface area (Å²) in [6, 6.07) is 0.0694. The fraction of sp³-hybridized carbons (Fsp3) is 0.286. The molecule has 0 radical (unpaired) electrons. The van der Waals surface area contributed by atoms with Gasteiger partial charge in [-0.1, -0.05) is 0 Å². The number of aromatic carboxylic acids is 1. The summed E-state index contributed by atoms with van der Waals surface area (Å²) >= 11 is 0. The van der Waals surface area contributed by atoms with Crippen molar-refractivity contribution in [2.24, 2.45) is 0 Å². The number of anilines is 1. The number of rotatable bonds is 2. The highest BCUT2D eigenvalue weighted by atomic mass is 16.5. The summed E-state index contributed by atoms with van der Waals surface area (Å²) in [6.07, 6.45) is 0. The number of carboxylic acid groups (broad SMARTS) is 1. The molecule has 0 aromatic carbocycles. The van der Waals surface area contributed by atoms with E-state index >= 15 is 0 Å². The molecule has 6 heteroatoms. The van der Waals surface area contributed by atoms with Crippen LogP contribution in [0.3, 0.4) is 0 Å². The Morgan fingerprint density at radius 1 is 1.54 bits per heavy atom. The van der Waals surface area contributed by atoms with Gasteiger partial charge in [-0.2, -0.15) is 9.97 Å². The summed E-state index contributed by atoms with van der Waals surface area (Å²) < 4.78 is 4.72. The molecule has 0 aliphatic heterocycles. The SMILES string of the molecule is COc1nc(C)c(C(=O)O)c(N)n1. The molecular weight excluding hydrogens is 174 g/mol. The Bertz CT molecular complexity index is 328. The summed E-state index contributed by atoms with van der Waals surface area (Å²) in [5, 5.41) is 8.71. The van der Waals surface area contributed by atoms with E-state index in [1.165, 1.54) is 14.0 Å². The first-order valence-corrected chi connectivity index (χ1v) is 3.47. The van der Waals surface area contributed by atoms with Crippen LogP contribution in [-0.2, 0) is 0 Å². The first-order valence-electron chi connectivity index (χ1n) is 3.47. The van der Waals surface area contributed by atoms with Crippen LogP contribution in [0.25, 0.3) is 0 Å². The second-order valence-electron chi connectivity index (χ2n) is 2.36. The molecule has 0 unspecified atom stereocenters. The molecule has 0 aliphatic rings. The summed E-state index contributed by atoms with van der Waals surface area (Å²) in [6.45, 7) is 1.53. The number of carboxylic acids is 1. The molecule has 13 heavy (non-hydrogen) atoms. The maximum atomic E-state index is 10.6.